The van der Waals surface area contributed by atoms with Crippen LogP contribution in [-0.2, 0) is 14.3 Å². The molecule has 0 N–H and O–H groups in total. The number of rotatable bonds is 7. The van der Waals surface area contributed by atoms with E-state index in [9.17, 15) is 9.59 Å². The highest BCUT2D eigenvalue weighted by molar-refractivity contribution is 5.94. The van der Waals surface area contributed by atoms with Crippen LogP contribution < -0.4 is 0 Å². The number of hydrogen-bond acceptors (Lipinski definition) is 3. The van der Waals surface area contributed by atoms with Crippen LogP contribution in [0.3, 0.4) is 0 Å². The quantitative estimate of drug-likeness (QED) is 0.372. The summed E-state index contributed by atoms with van der Waals surface area (Å²) >= 11 is 0. The SMILES string of the molecule is CCCCCC(C)(C)OC(=O)CC(C)=O. The molecule has 0 fully saturated rings. The molecular weight excluding hydrogens is 192 g/mol. The molecule has 0 aliphatic rings. The Kier molecular flexibility index (Phi) is 6.21. The normalized spacial score (nSPS) is 11.2. The van der Waals surface area contributed by atoms with E-state index in [1.165, 1.54) is 6.92 Å². The summed E-state index contributed by atoms with van der Waals surface area (Å²) in [6.45, 7) is 7.31. The summed E-state index contributed by atoms with van der Waals surface area (Å²) in [6.07, 6.45) is 4.09. The third-order valence-corrected chi connectivity index (χ3v) is 2.17. The van der Waals surface area contributed by atoms with Crippen molar-refractivity contribution in [2.45, 2.75) is 65.4 Å². The van der Waals surface area contributed by atoms with E-state index in [-0.39, 0.29) is 12.2 Å². The van der Waals surface area contributed by atoms with Gasteiger partial charge in [-0.25, -0.2) is 0 Å². The lowest BCUT2D eigenvalue weighted by molar-refractivity contribution is -0.158. The predicted molar refractivity (Wildman–Crippen MR) is 59.6 cm³/mol. The molecule has 0 bridgehead atoms. The largest absolute Gasteiger partial charge is 0.459 e. The van der Waals surface area contributed by atoms with E-state index in [4.69, 9.17) is 4.74 Å². The maximum atomic E-state index is 11.3. The third-order valence-electron chi connectivity index (χ3n) is 2.17. The molecule has 15 heavy (non-hydrogen) atoms. The molecule has 0 aromatic carbocycles. The fourth-order valence-electron chi connectivity index (χ4n) is 1.40. The van der Waals surface area contributed by atoms with Crippen LogP contribution >= 0.6 is 0 Å². The van der Waals surface area contributed by atoms with Crippen molar-refractivity contribution in [2.75, 3.05) is 0 Å². The zero-order valence-electron chi connectivity index (χ0n) is 10.3. The smallest absolute Gasteiger partial charge is 0.313 e. The molecule has 0 amide bonds. The average molecular weight is 214 g/mol. The first kappa shape index (κ1) is 14.1. The summed E-state index contributed by atoms with van der Waals surface area (Å²) in [6, 6.07) is 0. The third kappa shape index (κ3) is 8.16. The monoisotopic (exact) mass is 214 g/mol. The topological polar surface area (TPSA) is 43.4 Å². The molecule has 0 aliphatic carbocycles. The molecule has 0 heterocycles. The fraction of sp³-hybridized carbons (Fsp3) is 0.833. The number of carbonyl (C=O) groups excluding carboxylic acids is 2. The first-order valence-electron chi connectivity index (χ1n) is 5.58. The van der Waals surface area contributed by atoms with Crippen LogP contribution in [0.25, 0.3) is 0 Å². The van der Waals surface area contributed by atoms with Crippen LogP contribution in [0.4, 0.5) is 0 Å². The first-order chi connectivity index (χ1) is 6.87. The van der Waals surface area contributed by atoms with Crippen LogP contribution in [0, 0.1) is 0 Å². The van der Waals surface area contributed by atoms with E-state index in [1.807, 2.05) is 13.8 Å². The lowest BCUT2D eigenvalue weighted by Crippen LogP contribution is -2.28. The summed E-state index contributed by atoms with van der Waals surface area (Å²) in [7, 11) is 0. The number of hydrogen-bond donors (Lipinski definition) is 0. The zero-order chi connectivity index (χ0) is 11.9. The van der Waals surface area contributed by atoms with E-state index >= 15 is 0 Å². The van der Waals surface area contributed by atoms with Gasteiger partial charge in [-0.15, -0.1) is 0 Å². The Labute approximate surface area is 92.2 Å². The Morgan fingerprint density at radius 1 is 1.20 bits per heavy atom. The summed E-state index contributed by atoms with van der Waals surface area (Å²) in [4.78, 5) is 22.0. The molecule has 0 atom stereocenters. The minimum atomic E-state index is -0.443. The number of unbranched alkanes of at least 4 members (excludes halogenated alkanes) is 2. The van der Waals surface area contributed by atoms with Crippen LogP contribution in [0.1, 0.15) is 59.8 Å². The van der Waals surface area contributed by atoms with Crippen molar-refractivity contribution in [1.82, 2.24) is 0 Å². The van der Waals surface area contributed by atoms with Crippen molar-refractivity contribution in [2.24, 2.45) is 0 Å². The number of Topliss-reactive ketones (excluding diaryl/α,β-unsaturated/α-hetero) is 1. The van der Waals surface area contributed by atoms with Crippen LogP contribution in [0.5, 0.6) is 0 Å². The summed E-state index contributed by atoms with van der Waals surface area (Å²) in [5, 5.41) is 0. The number of carbonyl (C=O) groups is 2. The molecule has 0 aromatic heterocycles. The molecule has 88 valence electrons. The van der Waals surface area contributed by atoms with Crippen molar-refractivity contribution in [3.8, 4) is 0 Å². The highest BCUT2D eigenvalue weighted by Crippen LogP contribution is 2.19. The maximum Gasteiger partial charge on any atom is 0.313 e. The van der Waals surface area contributed by atoms with Gasteiger partial charge in [-0.1, -0.05) is 19.8 Å². The van der Waals surface area contributed by atoms with Gasteiger partial charge in [0.05, 0.1) is 0 Å². The minimum Gasteiger partial charge on any atom is -0.459 e. The summed E-state index contributed by atoms with van der Waals surface area (Å²) in [5.74, 6) is -0.562. The molecule has 0 unspecified atom stereocenters. The Morgan fingerprint density at radius 3 is 2.27 bits per heavy atom. The molecule has 3 heteroatoms. The van der Waals surface area contributed by atoms with E-state index < -0.39 is 11.6 Å². The van der Waals surface area contributed by atoms with Gasteiger partial charge < -0.3 is 4.74 Å². The highest BCUT2D eigenvalue weighted by atomic mass is 16.6. The number of esters is 1. The number of ketones is 1. The molecule has 3 nitrogen and oxygen atoms in total. The van der Waals surface area contributed by atoms with Crippen molar-refractivity contribution in [1.29, 1.82) is 0 Å². The van der Waals surface area contributed by atoms with Gasteiger partial charge in [-0.05, 0) is 33.6 Å². The Bertz CT molecular complexity index is 219. The molecule has 0 saturated carbocycles. The van der Waals surface area contributed by atoms with Gasteiger partial charge in [0.15, 0.2) is 0 Å². The molecule has 0 rings (SSSR count). The van der Waals surface area contributed by atoms with Crippen LogP contribution in [-0.4, -0.2) is 17.4 Å². The van der Waals surface area contributed by atoms with E-state index in [0.717, 1.165) is 25.7 Å². The van der Waals surface area contributed by atoms with E-state index in [1.54, 1.807) is 0 Å². The minimum absolute atomic E-state index is 0.114. The summed E-state index contributed by atoms with van der Waals surface area (Å²) < 4.78 is 5.24. The van der Waals surface area contributed by atoms with Gasteiger partial charge in [0.25, 0.3) is 0 Å². The second kappa shape index (κ2) is 6.59. The molecule has 0 aromatic rings. The van der Waals surface area contributed by atoms with Gasteiger partial charge in [-0.3, -0.25) is 9.59 Å². The maximum absolute atomic E-state index is 11.3. The van der Waals surface area contributed by atoms with Crippen molar-refractivity contribution in [3.05, 3.63) is 0 Å². The lowest BCUT2D eigenvalue weighted by atomic mass is 10.0. The van der Waals surface area contributed by atoms with Crippen molar-refractivity contribution in [3.63, 3.8) is 0 Å². The van der Waals surface area contributed by atoms with Gasteiger partial charge in [-0.2, -0.15) is 0 Å². The first-order valence-corrected chi connectivity index (χ1v) is 5.58. The Hall–Kier alpha value is -0.860. The van der Waals surface area contributed by atoms with Crippen LogP contribution in [0.15, 0.2) is 0 Å². The standard InChI is InChI=1S/C12H22O3/c1-5-6-7-8-12(3,4)15-11(14)9-10(2)13/h5-9H2,1-4H3. The second-order valence-electron chi connectivity index (χ2n) is 4.57. The van der Waals surface area contributed by atoms with Crippen molar-refractivity contribution >= 4 is 11.8 Å². The van der Waals surface area contributed by atoms with E-state index in [0.29, 0.717) is 0 Å². The Balaban J connectivity index is 3.90. The van der Waals surface area contributed by atoms with Gasteiger partial charge in [0.2, 0.25) is 0 Å². The lowest BCUT2D eigenvalue weighted by Gasteiger charge is -2.24. The van der Waals surface area contributed by atoms with E-state index in [2.05, 4.69) is 6.92 Å². The molecule has 0 radical (unpaired) electrons. The second-order valence-corrected chi connectivity index (χ2v) is 4.57. The molecule has 0 saturated heterocycles. The van der Waals surface area contributed by atoms with Crippen molar-refractivity contribution < 1.29 is 14.3 Å². The molecule has 0 spiro atoms. The number of ether oxygens (including phenoxy) is 1. The summed E-state index contributed by atoms with van der Waals surface area (Å²) in [5.41, 5.74) is -0.443. The fourth-order valence-corrected chi connectivity index (χ4v) is 1.40. The van der Waals surface area contributed by atoms with Gasteiger partial charge >= 0.3 is 5.97 Å². The van der Waals surface area contributed by atoms with Crippen LogP contribution in [0.2, 0.25) is 0 Å². The zero-order valence-corrected chi connectivity index (χ0v) is 10.3. The predicted octanol–water partition coefficient (Wildman–Crippen LogP) is 2.87. The molecular formula is C12H22O3. The van der Waals surface area contributed by atoms with Gasteiger partial charge in [0.1, 0.15) is 17.8 Å². The molecule has 0 aliphatic heterocycles. The Morgan fingerprint density at radius 2 is 1.80 bits per heavy atom. The van der Waals surface area contributed by atoms with Gasteiger partial charge in [0, 0.05) is 0 Å². The highest BCUT2D eigenvalue weighted by Gasteiger charge is 2.22. The average Bonchev–Trinajstić information content (AvgIpc) is 2.00.